The number of benzene rings is 1. The molecule has 0 atom stereocenters. The number of halogens is 1. The second kappa shape index (κ2) is 6.14. The molecule has 1 rings (SSSR count). The van der Waals surface area contributed by atoms with Gasteiger partial charge in [0, 0.05) is 12.5 Å². The van der Waals surface area contributed by atoms with Gasteiger partial charge in [0.25, 0.3) is 0 Å². The number of ketones is 1. The summed E-state index contributed by atoms with van der Waals surface area (Å²) in [5.41, 5.74) is 0.397. The van der Waals surface area contributed by atoms with E-state index in [2.05, 4.69) is 0 Å². The van der Waals surface area contributed by atoms with Crippen molar-refractivity contribution in [3.8, 4) is 11.8 Å². The van der Waals surface area contributed by atoms with E-state index in [-0.39, 0.29) is 12.4 Å². The van der Waals surface area contributed by atoms with Crippen LogP contribution >= 0.6 is 11.6 Å². The molecule has 0 bridgehead atoms. The highest BCUT2D eigenvalue weighted by molar-refractivity contribution is 6.31. The lowest BCUT2D eigenvalue weighted by Gasteiger charge is -2.05. The Morgan fingerprint density at radius 3 is 2.88 bits per heavy atom. The van der Waals surface area contributed by atoms with Gasteiger partial charge in [0.2, 0.25) is 0 Å². The Morgan fingerprint density at radius 1 is 1.56 bits per heavy atom. The molecular weight excluding hydrogens is 226 g/mol. The van der Waals surface area contributed by atoms with Crippen LogP contribution in [-0.4, -0.2) is 12.4 Å². The maximum absolute atomic E-state index is 11.2. The molecule has 84 valence electrons. The third-order valence-electron chi connectivity index (χ3n) is 1.99. The van der Waals surface area contributed by atoms with Crippen LogP contribution in [0.1, 0.15) is 25.3 Å². The van der Waals surface area contributed by atoms with Crippen molar-refractivity contribution in [1.82, 2.24) is 0 Å². The molecule has 0 aromatic heterocycles. The molecule has 0 saturated heterocycles. The predicted octanol–water partition coefficient (Wildman–Crippen LogP) is 2.96. The number of Topliss-reactive ketones (excluding diaryl/α,β-unsaturated/α-hetero) is 1. The molecule has 0 radical (unpaired) electrons. The molecule has 0 fully saturated rings. The van der Waals surface area contributed by atoms with E-state index in [0.717, 1.165) is 6.42 Å². The highest BCUT2D eigenvalue weighted by Crippen LogP contribution is 2.21. The number of hydrogen-bond donors (Lipinski definition) is 0. The van der Waals surface area contributed by atoms with E-state index < -0.39 is 0 Å². The molecule has 0 heterocycles. The average Bonchev–Trinajstić information content (AvgIpc) is 2.27. The van der Waals surface area contributed by atoms with Gasteiger partial charge >= 0.3 is 0 Å². The number of carbonyl (C=O) groups excluding carboxylic acids is 1. The fourth-order valence-corrected chi connectivity index (χ4v) is 1.40. The molecule has 1 aromatic rings. The fourth-order valence-electron chi connectivity index (χ4n) is 1.19. The minimum Gasteiger partial charge on any atom is -0.486 e. The van der Waals surface area contributed by atoms with Crippen molar-refractivity contribution in [2.45, 2.75) is 19.8 Å². The number of hydrogen-bond acceptors (Lipinski definition) is 3. The molecule has 16 heavy (non-hydrogen) atoms. The summed E-state index contributed by atoms with van der Waals surface area (Å²) in [4.78, 5) is 11.2. The van der Waals surface area contributed by atoms with Gasteiger partial charge in [-0.2, -0.15) is 5.26 Å². The molecule has 0 aliphatic carbocycles. The molecule has 0 aliphatic rings. The molecule has 0 N–H and O–H groups in total. The van der Waals surface area contributed by atoms with Crippen molar-refractivity contribution in [3.63, 3.8) is 0 Å². The monoisotopic (exact) mass is 237 g/mol. The SMILES string of the molecule is CCCC(=O)COc1ccc(C#N)c(Cl)c1. The number of rotatable bonds is 5. The third-order valence-corrected chi connectivity index (χ3v) is 2.30. The van der Waals surface area contributed by atoms with E-state index in [0.29, 0.717) is 22.8 Å². The van der Waals surface area contributed by atoms with Gasteiger partial charge in [-0.3, -0.25) is 4.79 Å². The normalized spacial score (nSPS) is 9.56. The lowest BCUT2D eigenvalue weighted by molar-refractivity contribution is -0.121. The zero-order valence-electron chi connectivity index (χ0n) is 9.00. The van der Waals surface area contributed by atoms with Crippen LogP contribution in [0.15, 0.2) is 18.2 Å². The lowest BCUT2D eigenvalue weighted by atomic mass is 10.2. The zero-order valence-corrected chi connectivity index (χ0v) is 9.75. The van der Waals surface area contributed by atoms with Gasteiger partial charge in [0.05, 0.1) is 10.6 Å². The molecule has 3 nitrogen and oxygen atoms in total. The van der Waals surface area contributed by atoms with Crippen LogP contribution < -0.4 is 4.74 Å². The van der Waals surface area contributed by atoms with Crippen molar-refractivity contribution in [3.05, 3.63) is 28.8 Å². The van der Waals surface area contributed by atoms with Gasteiger partial charge in [-0.05, 0) is 18.6 Å². The van der Waals surface area contributed by atoms with Crippen molar-refractivity contribution >= 4 is 17.4 Å². The van der Waals surface area contributed by atoms with E-state index in [1.165, 1.54) is 0 Å². The van der Waals surface area contributed by atoms with Crippen molar-refractivity contribution in [2.75, 3.05) is 6.61 Å². The first-order valence-corrected chi connectivity index (χ1v) is 5.39. The first-order valence-electron chi connectivity index (χ1n) is 5.01. The van der Waals surface area contributed by atoms with E-state index in [1.807, 2.05) is 13.0 Å². The molecule has 0 spiro atoms. The minimum absolute atomic E-state index is 0.0517. The van der Waals surface area contributed by atoms with Crippen LogP contribution in [0.3, 0.4) is 0 Å². The van der Waals surface area contributed by atoms with E-state index in [4.69, 9.17) is 21.6 Å². The zero-order chi connectivity index (χ0) is 12.0. The smallest absolute Gasteiger partial charge is 0.170 e. The molecule has 4 heteroatoms. The molecule has 0 aliphatic heterocycles. The quantitative estimate of drug-likeness (QED) is 0.791. The first-order chi connectivity index (χ1) is 7.67. The number of nitrogens with zero attached hydrogens (tertiary/aromatic N) is 1. The molecule has 0 unspecified atom stereocenters. The second-order valence-electron chi connectivity index (χ2n) is 3.33. The Balaban J connectivity index is 2.59. The summed E-state index contributed by atoms with van der Waals surface area (Å²) in [6, 6.07) is 6.69. The van der Waals surface area contributed by atoms with Crippen LogP contribution in [0.25, 0.3) is 0 Å². The molecule has 0 amide bonds. The predicted molar refractivity (Wildman–Crippen MR) is 61.6 cm³/mol. The van der Waals surface area contributed by atoms with Crippen LogP contribution in [0.4, 0.5) is 0 Å². The maximum atomic E-state index is 11.2. The Labute approximate surface area is 99.6 Å². The van der Waals surface area contributed by atoms with Gasteiger partial charge in [0.15, 0.2) is 5.78 Å². The van der Waals surface area contributed by atoms with Gasteiger partial charge in [-0.1, -0.05) is 18.5 Å². The second-order valence-corrected chi connectivity index (χ2v) is 3.74. The maximum Gasteiger partial charge on any atom is 0.170 e. The minimum atomic E-state index is 0.0517. The lowest BCUT2D eigenvalue weighted by Crippen LogP contribution is -2.10. The summed E-state index contributed by atoms with van der Waals surface area (Å²) >= 11 is 5.82. The Morgan fingerprint density at radius 2 is 2.31 bits per heavy atom. The summed E-state index contributed by atoms with van der Waals surface area (Å²) in [6.45, 7) is 1.99. The van der Waals surface area contributed by atoms with Gasteiger partial charge in [0.1, 0.15) is 18.4 Å². The third kappa shape index (κ3) is 3.56. The molecular formula is C12H12ClNO2. The standard InChI is InChI=1S/C12H12ClNO2/c1-2-3-10(15)8-16-11-5-4-9(7-14)12(13)6-11/h4-6H,2-3,8H2,1H3. The van der Waals surface area contributed by atoms with Crippen LogP contribution in [0.5, 0.6) is 5.75 Å². The van der Waals surface area contributed by atoms with Crippen molar-refractivity contribution in [1.29, 1.82) is 5.26 Å². The van der Waals surface area contributed by atoms with E-state index in [9.17, 15) is 4.79 Å². The topological polar surface area (TPSA) is 50.1 Å². The summed E-state index contributed by atoms with van der Waals surface area (Å²) in [5.74, 6) is 0.566. The van der Waals surface area contributed by atoms with E-state index in [1.54, 1.807) is 18.2 Å². The van der Waals surface area contributed by atoms with Crippen molar-refractivity contribution < 1.29 is 9.53 Å². The van der Waals surface area contributed by atoms with Crippen LogP contribution in [0, 0.1) is 11.3 Å². The number of ether oxygens (including phenoxy) is 1. The summed E-state index contributed by atoms with van der Waals surface area (Å²) < 4.78 is 5.26. The van der Waals surface area contributed by atoms with Crippen molar-refractivity contribution in [2.24, 2.45) is 0 Å². The summed E-state index contributed by atoms with van der Waals surface area (Å²) in [5, 5.41) is 9.00. The largest absolute Gasteiger partial charge is 0.486 e. The average molecular weight is 238 g/mol. The van der Waals surface area contributed by atoms with Gasteiger partial charge in [-0.15, -0.1) is 0 Å². The highest BCUT2D eigenvalue weighted by Gasteiger charge is 2.04. The number of carbonyl (C=O) groups is 1. The number of nitriles is 1. The van der Waals surface area contributed by atoms with Crippen LogP contribution in [-0.2, 0) is 4.79 Å². The highest BCUT2D eigenvalue weighted by atomic mass is 35.5. The van der Waals surface area contributed by atoms with Crippen LogP contribution in [0.2, 0.25) is 5.02 Å². The van der Waals surface area contributed by atoms with E-state index >= 15 is 0 Å². The summed E-state index contributed by atoms with van der Waals surface area (Å²) in [7, 11) is 0. The van der Waals surface area contributed by atoms with Gasteiger partial charge in [-0.25, -0.2) is 0 Å². The Kier molecular flexibility index (Phi) is 4.81. The molecule has 0 saturated carbocycles. The fraction of sp³-hybridized carbons (Fsp3) is 0.333. The molecule has 1 aromatic carbocycles. The Bertz CT molecular complexity index is 424. The summed E-state index contributed by atoms with van der Waals surface area (Å²) in [6.07, 6.45) is 1.33. The Hall–Kier alpha value is -1.53. The van der Waals surface area contributed by atoms with Gasteiger partial charge < -0.3 is 4.74 Å². The first kappa shape index (κ1) is 12.5.